The van der Waals surface area contributed by atoms with Gasteiger partial charge in [-0.15, -0.1) is 0 Å². The SMILES string of the molecule is Cc1ccc(CNCc2cocn2)cc1. The fourth-order valence-electron chi connectivity index (χ4n) is 1.37. The van der Waals surface area contributed by atoms with Crippen LogP contribution in [0.4, 0.5) is 0 Å². The molecule has 1 N–H and O–H groups in total. The van der Waals surface area contributed by atoms with E-state index in [0.29, 0.717) is 0 Å². The largest absolute Gasteiger partial charge is 0.451 e. The van der Waals surface area contributed by atoms with E-state index < -0.39 is 0 Å². The van der Waals surface area contributed by atoms with Crippen LogP contribution in [0, 0.1) is 6.92 Å². The molecule has 0 saturated heterocycles. The molecule has 0 unspecified atom stereocenters. The molecule has 0 radical (unpaired) electrons. The Hall–Kier alpha value is -1.61. The third-order valence-corrected chi connectivity index (χ3v) is 2.24. The Morgan fingerprint density at radius 2 is 2.00 bits per heavy atom. The highest BCUT2D eigenvalue weighted by Gasteiger charge is 1.95. The maximum atomic E-state index is 4.88. The van der Waals surface area contributed by atoms with Crippen molar-refractivity contribution in [3.8, 4) is 0 Å². The van der Waals surface area contributed by atoms with Crippen molar-refractivity contribution in [3.63, 3.8) is 0 Å². The summed E-state index contributed by atoms with van der Waals surface area (Å²) >= 11 is 0. The van der Waals surface area contributed by atoms with Gasteiger partial charge >= 0.3 is 0 Å². The van der Waals surface area contributed by atoms with E-state index >= 15 is 0 Å². The molecule has 1 aromatic carbocycles. The molecule has 0 amide bonds. The molecule has 78 valence electrons. The summed E-state index contributed by atoms with van der Waals surface area (Å²) in [6.07, 6.45) is 3.10. The standard InChI is InChI=1S/C12H14N2O/c1-10-2-4-11(5-3-10)6-13-7-12-8-15-9-14-12/h2-5,8-9,13H,6-7H2,1H3. The Morgan fingerprint density at radius 3 is 2.67 bits per heavy atom. The second-order valence-corrected chi connectivity index (χ2v) is 3.57. The molecular formula is C12H14N2O. The molecule has 0 bridgehead atoms. The van der Waals surface area contributed by atoms with E-state index in [9.17, 15) is 0 Å². The molecule has 15 heavy (non-hydrogen) atoms. The Morgan fingerprint density at radius 1 is 1.20 bits per heavy atom. The van der Waals surface area contributed by atoms with Crippen LogP contribution in [-0.4, -0.2) is 4.98 Å². The van der Waals surface area contributed by atoms with E-state index in [1.54, 1.807) is 6.26 Å². The lowest BCUT2D eigenvalue weighted by Gasteiger charge is -2.02. The monoisotopic (exact) mass is 202 g/mol. The van der Waals surface area contributed by atoms with Crippen molar-refractivity contribution in [2.24, 2.45) is 0 Å². The normalized spacial score (nSPS) is 10.5. The fourth-order valence-corrected chi connectivity index (χ4v) is 1.37. The van der Waals surface area contributed by atoms with Crippen LogP contribution in [0.3, 0.4) is 0 Å². The minimum atomic E-state index is 0.740. The highest BCUT2D eigenvalue weighted by molar-refractivity contribution is 5.21. The first-order valence-electron chi connectivity index (χ1n) is 4.98. The van der Waals surface area contributed by atoms with E-state index in [-0.39, 0.29) is 0 Å². The number of nitrogens with zero attached hydrogens (tertiary/aromatic N) is 1. The molecule has 3 heteroatoms. The molecule has 0 spiro atoms. The number of benzene rings is 1. The van der Waals surface area contributed by atoms with Crippen molar-refractivity contribution in [2.45, 2.75) is 20.0 Å². The average Bonchev–Trinajstić information content (AvgIpc) is 2.74. The van der Waals surface area contributed by atoms with Gasteiger partial charge in [-0.2, -0.15) is 0 Å². The zero-order valence-corrected chi connectivity index (χ0v) is 8.73. The molecule has 1 aromatic heterocycles. The van der Waals surface area contributed by atoms with Crippen LogP contribution < -0.4 is 5.32 Å². The lowest BCUT2D eigenvalue weighted by molar-refractivity contribution is 0.554. The second kappa shape index (κ2) is 4.75. The minimum Gasteiger partial charge on any atom is -0.451 e. The summed E-state index contributed by atoms with van der Waals surface area (Å²) < 4.78 is 4.88. The van der Waals surface area contributed by atoms with Crippen LogP contribution in [0.15, 0.2) is 41.3 Å². The van der Waals surface area contributed by atoms with E-state index in [1.165, 1.54) is 17.5 Å². The zero-order valence-electron chi connectivity index (χ0n) is 8.73. The molecule has 3 nitrogen and oxygen atoms in total. The van der Waals surface area contributed by atoms with Crippen LogP contribution in [0.25, 0.3) is 0 Å². The van der Waals surface area contributed by atoms with Gasteiger partial charge in [0.1, 0.15) is 6.26 Å². The number of oxazole rings is 1. The molecule has 2 rings (SSSR count). The van der Waals surface area contributed by atoms with Crippen molar-refractivity contribution in [1.82, 2.24) is 10.3 Å². The topological polar surface area (TPSA) is 38.1 Å². The number of rotatable bonds is 4. The second-order valence-electron chi connectivity index (χ2n) is 3.57. The Balaban J connectivity index is 1.81. The van der Waals surface area contributed by atoms with E-state index in [0.717, 1.165) is 18.8 Å². The lowest BCUT2D eigenvalue weighted by Crippen LogP contribution is -2.12. The summed E-state index contributed by atoms with van der Waals surface area (Å²) in [7, 11) is 0. The molecule has 0 aliphatic rings. The molecule has 0 aliphatic heterocycles. The average molecular weight is 202 g/mol. The van der Waals surface area contributed by atoms with E-state index in [2.05, 4.69) is 41.5 Å². The van der Waals surface area contributed by atoms with Gasteiger partial charge in [0.2, 0.25) is 0 Å². The minimum absolute atomic E-state index is 0.740. The van der Waals surface area contributed by atoms with Crippen LogP contribution in [0.5, 0.6) is 0 Å². The predicted octanol–water partition coefficient (Wildman–Crippen LogP) is 2.27. The van der Waals surface area contributed by atoms with Gasteiger partial charge < -0.3 is 9.73 Å². The summed E-state index contributed by atoms with van der Waals surface area (Å²) in [6, 6.07) is 8.50. The van der Waals surface area contributed by atoms with Gasteiger partial charge in [-0.3, -0.25) is 0 Å². The van der Waals surface area contributed by atoms with Crippen molar-refractivity contribution >= 4 is 0 Å². The summed E-state index contributed by atoms with van der Waals surface area (Å²) in [5.41, 5.74) is 3.50. The van der Waals surface area contributed by atoms with Crippen LogP contribution in [0.1, 0.15) is 16.8 Å². The predicted molar refractivity (Wildman–Crippen MR) is 58.2 cm³/mol. The van der Waals surface area contributed by atoms with Gasteiger partial charge in [0.15, 0.2) is 6.39 Å². The maximum absolute atomic E-state index is 4.88. The molecule has 0 atom stereocenters. The highest BCUT2D eigenvalue weighted by atomic mass is 16.3. The van der Waals surface area contributed by atoms with Gasteiger partial charge in [-0.25, -0.2) is 4.98 Å². The van der Waals surface area contributed by atoms with Gasteiger partial charge in [0.25, 0.3) is 0 Å². The third-order valence-electron chi connectivity index (χ3n) is 2.24. The molecule has 0 fully saturated rings. The number of hydrogen-bond donors (Lipinski definition) is 1. The summed E-state index contributed by atoms with van der Waals surface area (Å²) in [4.78, 5) is 4.03. The third kappa shape index (κ3) is 2.92. The number of aryl methyl sites for hydroxylation is 1. The Kier molecular flexibility index (Phi) is 3.15. The Labute approximate surface area is 89.1 Å². The van der Waals surface area contributed by atoms with Gasteiger partial charge in [-0.1, -0.05) is 29.8 Å². The van der Waals surface area contributed by atoms with Crippen LogP contribution >= 0.6 is 0 Å². The first-order chi connectivity index (χ1) is 7.34. The van der Waals surface area contributed by atoms with Crippen molar-refractivity contribution in [2.75, 3.05) is 0 Å². The quantitative estimate of drug-likeness (QED) is 0.826. The number of hydrogen-bond acceptors (Lipinski definition) is 3. The molecular weight excluding hydrogens is 188 g/mol. The van der Waals surface area contributed by atoms with Crippen molar-refractivity contribution in [3.05, 3.63) is 53.7 Å². The Bertz CT molecular complexity index is 392. The molecule has 2 aromatic rings. The summed E-state index contributed by atoms with van der Waals surface area (Å²) in [5, 5.41) is 3.30. The van der Waals surface area contributed by atoms with Gasteiger partial charge in [0.05, 0.1) is 5.69 Å². The maximum Gasteiger partial charge on any atom is 0.180 e. The van der Waals surface area contributed by atoms with Crippen molar-refractivity contribution < 1.29 is 4.42 Å². The summed E-state index contributed by atoms with van der Waals surface area (Å²) in [5.74, 6) is 0. The van der Waals surface area contributed by atoms with E-state index in [4.69, 9.17) is 4.42 Å². The highest BCUT2D eigenvalue weighted by Crippen LogP contribution is 2.03. The van der Waals surface area contributed by atoms with Crippen molar-refractivity contribution in [1.29, 1.82) is 0 Å². The fraction of sp³-hybridized carbons (Fsp3) is 0.250. The molecule has 0 aliphatic carbocycles. The molecule has 1 heterocycles. The lowest BCUT2D eigenvalue weighted by atomic mass is 10.1. The first-order valence-corrected chi connectivity index (χ1v) is 4.98. The smallest absolute Gasteiger partial charge is 0.180 e. The van der Waals surface area contributed by atoms with Crippen LogP contribution in [0.2, 0.25) is 0 Å². The number of nitrogens with one attached hydrogen (secondary N) is 1. The summed E-state index contributed by atoms with van der Waals surface area (Å²) in [6.45, 7) is 3.68. The molecule has 0 saturated carbocycles. The number of aromatic nitrogens is 1. The van der Waals surface area contributed by atoms with E-state index in [1.807, 2.05) is 0 Å². The van der Waals surface area contributed by atoms with Crippen LogP contribution in [-0.2, 0) is 13.1 Å². The van der Waals surface area contributed by atoms with Gasteiger partial charge in [-0.05, 0) is 12.5 Å². The zero-order chi connectivity index (χ0) is 10.5. The first kappa shape index (κ1) is 9.93. The van der Waals surface area contributed by atoms with Gasteiger partial charge in [0, 0.05) is 13.1 Å².